The average molecular weight is 268 g/mol. The van der Waals surface area contributed by atoms with Gasteiger partial charge in [0.05, 0.1) is 11.3 Å². The zero-order chi connectivity index (χ0) is 13.7. The lowest BCUT2D eigenvalue weighted by molar-refractivity contribution is -0.119. The van der Waals surface area contributed by atoms with Gasteiger partial charge in [0.1, 0.15) is 0 Å². The fraction of sp³-hybridized carbons (Fsp3) is 0.333. The Bertz CT molecular complexity index is 461. The molecule has 1 aromatic carbocycles. The molecule has 0 aliphatic heterocycles. The van der Waals surface area contributed by atoms with Crippen LogP contribution in [0.1, 0.15) is 24.2 Å². The molecule has 18 heavy (non-hydrogen) atoms. The lowest BCUT2D eigenvalue weighted by Crippen LogP contribution is -2.31. The van der Waals surface area contributed by atoms with Gasteiger partial charge in [-0.15, -0.1) is 11.8 Å². The number of nitrogen functional groups attached to an aromatic ring is 1. The fourth-order valence-corrected chi connectivity index (χ4v) is 2.29. The van der Waals surface area contributed by atoms with Crippen LogP contribution in [0.3, 0.4) is 0 Å². The maximum Gasteiger partial charge on any atom is 0.336 e. The van der Waals surface area contributed by atoms with Crippen LogP contribution in [0.4, 0.5) is 5.69 Å². The smallest absolute Gasteiger partial charge is 0.336 e. The van der Waals surface area contributed by atoms with Gasteiger partial charge in [0, 0.05) is 16.6 Å². The summed E-state index contributed by atoms with van der Waals surface area (Å²) in [5, 5.41) is 11.8. The van der Waals surface area contributed by atoms with E-state index < -0.39 is 5.97 Å². The highest BCUT2D eigenvalue weighted by molar-refractivity contribution is 8.00. The molecule has 0 bridgehead atoms. The first-order valence-electron chi connectivity index (χ1n) is 5.45. The van der Waals surface area contributed by atoms with Gasteiger partial charge in [-0.3, -0.25) is 4.79 Å². The van der Waals surface area contributed by atoms with Crippen LogP contribution in [-0.2, 0) is 4.79 Å². The number of amides is 1. The molecule has 98 valence electrons. The Morgan fingerprint density at radius 2 is 2.11 bits per heavy atom. The molecule has 0 atom stereocenters. The number of thioether (sulfide) groups is 1. The van der Waals surface area contributed by atoms with E-state index in [2.05, 4.69) is 5.32 Å². The second kappa shape index (κ2) is 6.30. The Labute approximate surface area is 110 Å². The maximum absolute atomic E-state index is 11.5. The van der Waals surface area contributed by atoms with E-state index in [0.29, 0.717) is 10.6 Å². The van der Waals surface area contributed by atoms with Gasteiger partial charge in [0.15, 0.2) is 0 Å². The van der Waals surface area contributed by atoms with E-state index in [1.165, 1.54) is 6.07 Å². The molecule has 0 aromatic heterocycles. The zero-order valence-electron chi connectivity index (χ0n) is 10.3. The van der Waals surface area contributed by atoms with Crippen molar-refractivity contribution >= 4 is 29.3 Å². The molecule has 0 unspecified atom stereocenters. The number of anilines is 1. The van der Waals surface area contributed by atoms with Crippen molar-refractivity contribution in [1.29, 1.82) is 0 Å². The van der Waals surface area contributed by atoms with Crippen LogP contribution < -0.4 is 11.1 Å². The monoisotopic (exact) mass is 268 g/mol. The highest BCUT2D eigenvalue weighted by Gasteiger charge is 2.14. The topological polar surface area (TPSA) is 92.4 Å². The van der Waals surface area contributed by atoms with Crippen LogP contribution in [0.5, 0.6) is 0 Å². The number of benzene rings is 1. The lowest BCUT2D eigenvalue weighted by atomic mass is 10.2. The van der Waals surface area contributed by atoms with Gasteiger partial charge in [-0.25, -0.2) is 4.79 Å². The van der Waals surface area contributed by atoms with E-state index >= 15 is 0 Å². The minimum Gasteiger partial charge on any atom is -0.478 e. The molecule has 0 saturated carbocycles. The van der Waals surface area contributed by atoms with Gasteiger partial charge in [-0.2, -0.15) is 0 Å². The molecule has 0 fully saturated rings. The normalized spacial score (nSPS) is 10.4. The number of carbonyl (C=O) groups is 2. The molecule has 0 aliphatic rings. The van der Waals surface area contributed by atoms with Crippen molar-refractivity contribution in [3.63, 3.8) is 0 Å². The van der Waals surface area contributed by atoms with Crippen LogP contribution in [0.2, 0.25) is 0 Å². The predicted molar refractivity (Wildman–Crippen MR) is 71.8 cm³/mol. The first-order valence-corrected chi connectivity index (χ1v) is 6.44. The largest absolute Gasteiger partial charge is 0.478 e. The van der Waals surface area contributed by atoms with E-state index in [4.69, 9.17) is 10.8 Å². The van der Waals surface area contributed by atoms with Crippen molar-refractivity contribution in [2.75, 3.05) is 11.5 Å². The molecule has 0 aliphatic carbocycles. The molecule has 0 spiro atoms. The van der Waals surface area contributed by atoms with E-state index in [-0.39, 0.29) is 23.3 Å². The molecule has 1 amide bonds. The standard InChI is InChI=1S/C12H16N2O3S/c1-7(2)14-10(15)6-18-11-8(12(16)17)4-3-5-9(11)13/h3-5,7H,6,13H2,1-2H3,(H,14,15)(H,16,17). The second-order valence-electron chi connectivity index (χ2n) is 4.04. The van der Waals surface area contributed by atoms with Gasteiger partial charge in [-0.1, -0.05) is 6.07 Å². The summed E-state index contributed by atoms with van der Waals surface area (Å²) in [5.41, 5.74) is 6.23. The van der Waals surface area contributed by atoms with Gasteiger partial charge in [0.2, 0.25) is 5.91 Å². The minimum absolute atomic E-state index is 0.0603. The van der Waals surface area contributed by atoms with E-state index in [0.717, 1.165) is 11.8 Å². The quantitative estimate of drug-likeness (QED) is 0.557. The van der Waals surface area contributed by atoms with Crippen LogP contribution in [0.25, 0.3) is 0 Å². The molecule has 1 rings (SSSR count). The number of aromatic carboxylic acids is 1. The van der Waals surface area contributed by atoms with Gasteiger partial charge < -0.3 is 16.2 Å². The van der Waals surface area contributed by atoms with Crippen LogP contribution in [0.15, 0.2) is 23.1 Å². The van der Waals surface area contributed by atoms with Crippen molar-refractivity contribution in [1.82, 2.24) is 5.32 Å². The van der Waals surface area contributed by atoms with Gasteiger partial charge >= 0.3 is 5.97 Å². The summed E-state index contributed by atoms with van der Waals surface area (Å²) in [6.07, 6.45) is 0. The summed E-state index contributed by atoms with van der Waals surface area (Å²) >= 11 is 1.13. The van der Waals surface area contributed by atoms with Crippen molar-refractivity contribution in [2.45, 2.75) is 24.8 Å². The molecule has 0 heterocycles. The molecule has 5 nitrogen and oxygen atoms in total. The third-order valence-electron chi connectivity index (χ3n) is 2.07. The highest BCUT2D eigenvalue weighted by Crippen LogP contribution is 2.28. The summed E-state index contributed by atoms with van der Waals surface area (Å²) in [6.45, 7) is 3.73. The minimum atomic E-state index is -1.05. The third kappa shape index (κ3) is 3.96. The number of carbonyl (C=O) groups excluding carboxylic acids is 1. The molecular formula is C12H16N2O3S. The number of nitrogens with two attached hydrogens (primary N) is 1. The number of nitrogens with one attached hydrogen (secondary N) is 1. The molecule has 1 aromatic rings. The first kappa shape index (κ1) is 14.4. The van der Waals surface area contributed by atoms with Crippen molar-refractivity contribution < 1.29 is 14.7 Å². The summed E-state index contributed by atoms with van der Waals surface area (Å²) in [4.78, 5) is 23.0. The van der Waals surface area contributed by atoms with Crippen molar-refractivity contribution in [2.24, 2.45) is 0 Å². The van der Waals surface area contributed by atoms with Crippen LogP contribution in [-0.4, -0.2) is 28.8 Å². The number of hydrogen-bond donors (Lipinski definition) is 3. The number of rotatable bonds is 5. The summed E-state index contributed by atoms with van der Waals surface area (Å²) in [5.74, 6) is -1.05. The van der Waals surface area contributed by atoms with Gasteiger partial charge in [-0.05, 0) is 26.0 Å². The SMILES string of the molecule is CC(C)NC(=O)CSc1c(N)cccc1C(=O)O. The Morgan fingerprint density at radius 3 is 2.67 bits per heavy atom. The zero-order valence-corrected chi connectivity index (χ0v) is 11.1. The average Bonchev–Trinajstić information content (AvgIpc) is 2.25. The Balaban J connectivity index is 2.78. The van der Waals surface area contributed by atoms with Crippen molar-refractivity contribution in [3.05, 3.63) is 23.8 Å². The number of hydrogen-bond acceptors (Lipinski definition) is 4. The molecule has 6 heteroatoms. The predicted octanol–water partition coefficient (Wildman–Crippen LogP) is 1.58. The summed E-state index contributed by atoms with van der Waals surface area (Å²) < 4.78 is 0. The fourth-order valence-electron chi connectivity index (χ4n) is 1.39. The summed E-state index contributed by atoms with van der Waals surface area (Å²) in [6, 6.07) is 4.73. The summed E-state index contributed by atoms with van der Waals surface area (Å²) in [7, 11) is 0. The second-order valence-corrected chi connectivity index (χ2v) is 5.03. The first-order chi connectivity index (χ1) is 8.41. The van der Waals surface area contributed by atoms with E-state index in [9.17, 15) is 9.59 Å². The van der Waals surface area contributed by atoms with E-state index in [1.54, 1.807) is 12.1 Å². The lowest BCUT2D eigenvalue weighted by Gasteiger charge is -2.10. The number of carboxylic acids is 1. The van der Waals surface area contributed by atoms with Crippen molar-refractivity contribution in [3.8, 4) is 0 Å². The molecule has 4 N–H and O–H groups in total. The Kier molecular flexibility index (Phi) is 5.03. The van der Waals surface area contributed by atoms with E-state index in [1.807, 2.05) is 13.8 Å². The third-order valence-corrected chi connectivity index (χ3v) is 3.22. The molecule has 0 saturated heterocycles. The Hall–Kier alpha value is -1.69. The molecule has 0 radical (unpaired) electrons. The van der Waals surface area contributed by atoms with Gasteiger partial charge in [0.25, 0.3) is 0 Å². The van der Waals surface area contributed by atoms with Crippen LogP contribution in [0, 0.1) is 0 Å². The molecular weight excluding hydrogens is 252 g/mol. The maximum atomic E-state index is 11.5. The van der Waals surface area contributed by atoms with Crippen LogP contribution >= 0.6 is 11.8 Å². The highest BCUT2D eigenvalue weighted by atomic mass is 32.2. The number of carboxylic acid groups (broad SMARTS) is 1. The Morgan fingerprint density at radius 1 is 1.44 bits per heavy atom.